The summed E-state index contributed by atoms with van der Waals surface area (Å²) in [6, 6.07) is 2.20. The normalized spacial score (nSPS) is 13.1. The highest BCUT2D eigenvalue weighted by Crippen LogP contribution is 2.30. The van der Waals surface area contributed by atoms with Crippen LogP contribution in [0.2, 0.25) is 0 Å². The molecule has 0 spiro atoms. The van der Waals surface area contributed by atoms with E-state index in [1.54, 1.807) is 0 Å². The molecule has 0 saturated heterocycles. The van der Waals surface area contributed by atoms with Gasteiger partial charge in [-0.1, -0.05) is 6.92 Å². The van der Waals surface area contributed by atoms with Gasteiger partial charge >= 0.3 is 12.4 Å². The maximum absolute atomic E-state index is 12.9. The molecule has 4 aromatic heterocycles. The van der Waals surface area contributed by atoms with Gasteiger partial charge < -0.3 is 0 Å². The molecule has 33 heavy (non-hydrogen) atoms. The molecule has 0 atom stereocenters. The summed E-state index contributed by atoms with van der Waals surface area (Å²) in [5.41, 5.74) is -0.524. The summed E-state index contributed by atoms with van der Waals surface area (Å²) in [5.74, 6) is -3.74. The lowest BCUT2D eigenvalue weighted by Crippen LogP contribution is -2.11. The van der Waals surface area contributed by atoms with Crippen LogP contribution >= 0.6 is 0 Å². The minimum atomic E-state index is -4.82. The van der Waals surface area contributed by atoms with Crippen molar-refractivity contribution in [3.8, 4) is 17.1 Å². The first-order chi connectivity index (χ1) is 15.3. The van der Waals surface area contributed by atoms with Crippen LogP contribution in [0.5, 0.6) is 0 Å². The average Bonchev–Trinajstić information content (AvgIpc) is 3.40. The summed E-state index contributed by atoms with van der Waals surface area (Å²) in [6.07, 6.45) is -6.79. The number of pyridine rings is 1. The van der Waals surface area contributed by atoms with Gasteiger partial charge in [0.1, 0.15) is 12.0 Å². The van der Waals surface area contributed by atoms with Crippen molar-refractivity contribution in [1.82, 2.24) is 39.3 Å². The quantitative estimate of drug-likeness (QED) is 0.399. The van der Waals surface area contributed by atoms with E-state index in [0.717, 1.165) is 29.3 Å². The summed E-state index contributed by atoms with van der Waals surface area (Å²) in [4.78, 5) is 13.9. The largest absolute Gasteiger partial charge is 0.453 e. The Bertz CT molecular complexity index is 1460. The zero-order valence-corrected chi connectivity index (χ0v) is 17.0. The van der Waals surface area contributed by atoms with E-state index in [0.29, 0.717) is 4.68 Å². The monoisotopic (exact) mass is 492 g/mol. The van der Waals surface area contributed by atoms with Crippen LogP contribution < -0.4 is 0 Å². The lowest BCUT2D eigenvalue weighted by atomic mass is 10.2. The Balaban J connectivity index is 1.86. The van der Waals surface area contributed by atoms with Gasteiger partial charge in [0, 0.05) is 6.20 Å². The molecule has 4 heterocycles. The first-order valence-corrected chi connectivity index (χ1v) is 10.5. The Morgan fingerprint density at radius 1 is 0.970 bits per heavy atom. The SMILES string of the molecule is CCS(=O)(=O)c1cc(-n2cnc(C(F)(F)F)n2)cnc1-c1ccn2nc(C(F)(F)F)nc2n1. The van der Waals surface area contributed by atoms with Gasteiger partial charge in [0.25, 0.3) is 17.4 Å². The van der Waals surface area contributed by atoms with Crippen LogP contribution in [0.15, 0.2) is 35.7 Å². The molecule has 174 valence electrons. The third-order valence-corrected chi connectivity index (χ3v) is 6.01. The van der Waals surface area contributed by atoms with E-state index in [-0.39, 0.29) is 17.1 Å². The Labute approximate surface area is 179 Å². The molecule has 0 saturated carbocycles. The fourth-order valence-corrected chi connectivity index (χ4v) is 3.75. The number of aromatic nitrogens is 8. The minimum absolute atomic E-state index is 0.142. The van der Waals surface area contributed by atoms with Gasteiger partial charge in [0.2, 0.25) is 0 Å². The Kier molecular flexibility index (Phi) is 5.10. The molecule has 0 unspecified atom stereocenters. The molecular weight excluding hydrogens is 482 g/mol. The highest BCUT2D eigenvalue weighted by Gasteiger charge is 2.37. The van der Waals surface area contributed by atoms with Crippen LogP contribution in [-0.4, -0.2) is 53.5 Å². The van der Waals surface area contributed by atoms with Crippen molar-refractivity contribution in [2.45, 2.75) is 24.2 Å². The molecule has 0 aromatic carbocycles. The molecule has 0 fully saturated rings. The highest BCUT2D eigenvalue weighted by atomic mass is 32.2. The van der Waals surface area contributed by atoms with Crippen LogP contribution in [0.1, 0.15) is 18.6 Å². The molecule has 4 aromatic rings. The third-order valence-electron chi connectivity index (χ3n) is 4.27. The van der Waals surface area contributed by atoms with Crippen LogP contribution in [0.25, 0.3) is 22.9 Å². The van der Waals surface area contributed by atoms with Crippen LogP contribution in [0.3, 0.4) is 0 Å². The fourth-order valence-electron chi connectivity index (χ4n) is 2.69. The first kappa shape index (κ1) is 22.6. The van der Waals surface area contributed by atoms with Gasteiger partial charge in [0.15, 0.2) is 9.84 Å². The molecule has 0 aliphatic rings. The van der Waals surface area contributed by atoms with Gasteiger partial charge in [-0.05, 0) is 12.1 Å². The molecule has 0 bridgehead atoms. The molecule has 0 N–H and O–H groups in total. The van der Waals surface area contributed by atoms with E-state index in [1.165, 1.54) is 13.0 Å². The van der Waals surface area contributed by atoms with E-state index < -0.39 is 50.3 Å². The summed E-state index contributed by atoms with van der Waals surface area (Å²) < 4.78 is 104. The predicted octanol–water partition coefficient (Wildman–Crippen LogP) is 2.60. The van der Waals surface area contributed by atoms with Crippen molar-refractivity contribution < 1.29 is 34.8 Å². The maximum atomic E-state index is 12.9. The smallest absolute Gasteiger partial charge is 0.251 e. The highest BCUT2D eigenvalue weighted by molar-refractivity contribution is 7.91. The number of alkyl halides is 6. The lowest BCUT2D eigenvalue weighted by molar-refractivity contribution is -0.145. The number of sulfone groups is 1. The predicted molar refractivity (Wildman–Crippen MR) is 96.7 cm³/mol. The number of nitrogens with zero attached hydrogens (tertiary/aromatic N) is 8. The minimum Gasteiger partial charge on any atom is -0.251 e. The van der Waals surface area contributed by atoms with Crippen LogP contribution in [0, 0.1) is 0 Å². The second kappa shape index (κ2) is 7.46. The summed E-state index contributed by atoms with van der Waals surface area (Å²) >= 11 is 0. The van der Waals surface area contributed by atoms with Crippen molar-refractivity contribution in [2.75, 3.05) is 5.75 Å². The molecule has 0 radical (unpaired) electrons. The molecule has 17 heteroatoms. The average molecular weight is 492 g/mol. The standard InChI is InChI=1S/C16H10F6N8O2S/c1-2-33(31,32)10-5-8(30-7-24-12(27-30)15(17,18)19)6-23-11(10)9-3-4-29-14(25-9)26-13(28-29)16(20,21)22/h3-7H,2H2,1H3. The number of rotatable bonds is 4. The van der Waals surface area contributed by atoms with Crippen molar-refractivity contribution in [3.63, 3.8) is 0 Å². The van der Waals surface area contributed by atoms with Crippen molar-refractivity contribution in [1.29, 1.82) is 0 Å². The van der Waals surface area contributed by atoms with Gasteiger partial charge in [-0.2, -0.15) is 31.3 Å². The second-order valence-corrected chi connectivity index (χ2v) is 8.69. The molecule has 0 aliphatic carbocycles. The molecular formula is C16H10F6N8O2S. The molecule has 10 nitrogen and oxygen atoms in total. The Morgan fingerprint density at radius 3 is 2.27 bits per heavy atom. The molecule has 4 rings (SSSR count). The number of fused-ring (bicyclic) bond motifs is 1. The van der Waals surface area contributed by atoms with Gasteiger partial charge in [-0.25, -0.2) is 27.6 Å². The van der Waals surface area contributed by atoms with Crippen molar-refractivity contribution >= 4 is 15.6 Å². The maximum Gasteiger partial charge on any atom is 0.453 e. The van der Waals surface area contributed by atoms with Gasteiger partial charge in [-0.3, -0.25) is 4.98 Å². The zero-order valence-electron chi connectivity index (χ0n) is 16.2. The zero-order chi connectivity index (χ0) is 24.2. The van der Waals surface area contributed by atoms with Gasteiger partial charge in [0.05, 0.1) is 28.2 Å². The second-order valence-electron chi connectivity index (χ2n) is 6.44. The van der Waals surface area contributed by atoms with Crippen molar-refractivity contribution in [2.24, 2.45) is 0 Å². The number of hydrogen-bond acceptors (Lipinski definition) is 8. The number of halogens is 6. The van der Waals surface area contributed by atoms with E-state index in [9.17, 15) is 34.8 Å². The third kappa shape index (κ3) is 4.22. The van der Waals surface area contributed by atoms with Crippen LogP contribution in [-0.2, 0) is 22.2 Å². The Hall–Kier alpha value is -3.63. The topological polar surface area (TPSA) is 121 Å². The molecule has 0 amide bonds. The van der Waals surface area contributed by atoms with E-state index in [1.807, 2.05) is 0 Å². The summed E-state index contributed by atoms with van der Waals surface area (Å²) in [5, 5.41) is 6.52. The van der Waals surface area contributed by atoms with Crippen LogP contribution in [0.4, 0.5) is 26.3 Å². The van der Waals surface area contributed by atoms with Crippen molar-refractivity contribution in [3.05, 3.63) is 42.5 Å². The summed E-state index contributed by atoms with van der Waals surface area (Å²) in [6.45, 7) is 1.33. The van der Waals surface area contributed by atoms with E-state index in [2.05, 4.69) is 30.1 Å². The fraction of sp³-hybridized carbons (Fsp3) is 0.250. The number of hydrogen-bond donors (Lipinski definition) is 0. The van der Waals surface area contributed by atoms with E-state index in [4.69, 9.17) is 0 Å². The summed E-state index contributed by atoms with van der Waals surface area (Å²) in [7, 11) is -4.01. The first-order valence-electron chi connectivity index (χ1n) is 8.82. The van der Waals surface area contributed by atoms with Gasteiger partial charge in [-0.15, -0.1) is 10.2 Å². The lowest BCUT2D eigenvalue weighted by Gasteiger charge is -2.10. The Morgan fingerprint density at radius 2 is 1.67 bits per heavy atom. The van der Waals surface area contributed by atoms with E-state index >= 15 is 0 Å². The molecule has 0 aliphatic heterocycles.